The van der Waals surface area contributed by atoms with Crippen molar-refractivity contribution in [3.63, 3.8) is 0 Å². The third-order valence-electron chi connectivity index (χ3n) is 5.00. The Balaban J connectivity index is 2.52. The summed E-state index contributed by atoms with van der Waals surface area (Å²) in [7, 11) is 0. The van der Waals surface area contributed by atoms with Gasteiger partial charge in [0, 0.05) is 25.2 Å². The topological polar surface area (TPSA) is 15.3 Å². The summed E-state index contributed by atoms with van der Waals surface area (Å²) >= 11 is 0. The van der Waals surface area contributed by atoms with E-state index in [-0.39, 0.29) is 5.54 Å². The molecule has 2 unspecified atom stereocenters. The van der Waals surface area contributed by atoms with Crippen LogP contribution in [0.2, 0.25) is 0 Å². The molecule has 120 valence electrons. The summed E-state index contributed by atoms with van der Waals surface area (Å²) in [6.45, 7) is 23.6. The first kappa shape index (κ1) is 18.0. The van der Waals surface area contributed by atoms with E-state index in [2.05, 4.69) is 65.6 Å². The lowest BCUT2D eigenvalue weighted by molar-refractivity contribution is 0.152. The molecule has 0 saturated carbocycles. The van der Waals surface area contributed by atoms with Crippen molar-refractivity contribution in [2.24, 2.45) is 16.7 Å². The van der Waals surface area contributed by atoms with E-state index < -0.39 is 0 Å². The third-order valence-corrected chi connectivity index (χ3v) is 5.00. The normalized spacial score (nSPS) is 24.9. The maximum absolute atomic E-state index is 3.70. The van der Waals surface area contributed by atoms with Gasteiger partial charge in [0.25, 0.3) is 0 Å². The van der Waals surface area contributed by atoms with Crippen molar-refractivity contribution in [3.05, 3.63) is 0 Å². The van der Waals surface area contributed by atoms with Gasteiger partial charge < -0.3 is 10.2 Å². The monoisotopic (exact) mass is 282 g/mol. The molecule has 1 heterocycles. The second-order valence-electron chi connectivity index (χ2n) is 9.35. The lowest BCUT2D eigenvalue weighted by Gasteiger charge is -2.36. The Bertz CT molecular complexity index is 298. The van der Waals surface area contributed by atoms with Crippen LogP contribution in [0.1, 0.15) is 68.2 Å². The molecule has 0 spiro atoms. The van der Waals surface area contributed by atoms with Crippen LogP contribution in [-0.2, 0) is 0 Å². The Kier molecular flexibility index (Phi) is 5.71. The predicted molar refractivity (Wildman–Crippen MR) is 90.2 cm³/mol. The molecule has 1 aliphatic rings. The molecule has 1 rings (SSSR count). The van der Waals surface area contributed by atoms with Gasteiger partial charge in [-0.05, 0) is 56.9 Å². The minimum absolute atomic E-state index is 0.218. The minimum atomic E-state index is 0.218. The Morgan fingerprint density at radius 2 is 1.65 bits per heavy atom. The van der Waals surface area contributed by atoms with Crippen molar-refractivity contribution in [1.82, 2.24) is 10.2 Å². The molecule has 0 aromatic rings. The highest BCUT2D eigenvalue weighted by Gasteiger charge is 2.35. The lowest BCUT2D eigenvalue weighted by atomic mass is 9.80. The van der Waals surface area contributed by atoms with Gasteiger partial charge >= 0.3 is 0 Å². The van der Waals surface area contributed by atoms with E-state index in [9.17, 15) is 0 Å². The molecular weight excluding hydrogens is 244 g/mol. The van der Waals surface area contributed by atoms with E-state index in [4.69, 9.17) is 0 Å². The molecule has 2 atom stereocenters. The molecule has 2 heteroatoms. The van der Waals surface area contributed by atoms with Gasteiger partial charge in [-0.3, -0.25) is 0 Å². The summed E-state index contributed by atoms with van der Waals surface area (Å²) in [5.74, 6) is 0.860. The van der Waals surface area contributed by atoms with E-state index >= 15 is 0 Å². The van der Waals surface area contributed by atoms with Crippen LogP contribution in [0.15, 0.2) is 0 Å². The van der Waals surface area contributed by atoms with Gasteiger partial charge in [-0.2, -0.15) is 0 Å². The third kappa shape index (κ3) is 5.73. The fourth-order valence-electron chi connectivity index (χ4n) is 2.99. The molecule has 1 fully saturated rings. The number of hydrogen-bond acceptors (Lipinski definition) is 2. The van der Waals surface area contributed by atoms with E-state index in [1.54, 1.807) is 0 Å². The Labute approximate surface area is 127 Å². The van der Waals surface area contributed by atoms with E-state index in [1.165, 1.54) is 32.5 Å². The van der Waals surface area contributed by atoms with Crippen molar-refractivity contribution < 1.29 is 0 Å². The standard InChI is InChI=1S/C18H38N2/c1-9-18(8,13-19-17(5,6)7)14-20-11-10-15(12-20)16(2,3)4/h15,19H,9-14H2,1-8H3. The molecule has 0 radical (unpaired) electrons. The van der Waals surface area contributed by atoms with Crippen molar-refractivity contribution >= 4 is 0 Å². The summed E-state index contributed by atoms with van der Waals surface area (Å²) in [6, 6.07) is 0. The van der Waals surface area contributed by atoms with Crippen LogP contribution in [0.4, 0.5) is 0 Å². The van der Waals surface area contributed by atoms with Crippen LogP contribution < -0.4 is 5.32 Å². The maximum atomic E-state index is 3.70. The predicted octanol–water partition coefficient (Wildman–Crippen LogP) is 4.16. The van der Waals surface area contributed by atoms with E-state index in [0.717, 1.165) is 12.5 Å². The quantitative estimate of drug-likeness (QED) is 0.814. The summed E-state index contributed by atoms with van der Waals surface area (Å²) in [6.07, 6.45) is 2.61. The largest absolute Gasteiger partial charge is 0.311 e. The molecule has 0 bridgehead atoms. The van der Waals surface area contributed by atoms with Crippen molar-refractivity contribution in [2.75, 3.05) is 26.2 Å². The first-order valence-electron chi connectivity index (χ1n) is 8.43. The number of likely N-dealkylation sites (tertiary alicyclic amines) is 1. The number of hydrogen-bond donors (Lipinski definition) is 1. The van der Waals surface area contributed by atoms with Gasteiger partial charge in [0.1, 0.15) is 0 Å². The maximum Gasteiger partial charge on any atom is 0.00967 e. The molecule has 1 N–H and O–H groups in total. The second-order valence-corrected chi connectivity index (χ2v) is 9.35. The number of nitrogens with one attached hydrogen (secondary N) is 1. The average Bonchev–Trinajstić information content (AvgIpc) is 2.74. The molecule has 1 aliphatic heterocycles. The first-order chi connectivity index (χ1) is 8.95. The number of nitrogens with zero attached hydrogens (tertiary/aromatic N) is 1. The van der Waals surface area contributed by atoms with Crippen molar-refractivity contribution in [1.29, 1.82) is 0 Å². The Hall–Kier alpha value is -0.0800. The fourth-order valence-corrected chi connectivity index (χ4v) is 2.99. The van der Waals surface area contributed by atoms with Gasteiger partial charge in [0.2, 0.25) is 0 Å². The molecule has 0 aromatic carbocycles. The molecule has 0 aliphatic carbocycles. The molecule has 0 aromatic heterocycles. The molecule has 20 heavy (non-hydrogen) atoms. The van der Waals surface area contributed by atoms with Gasteiger partial charge in [0.05, 0.1) is 0 Å². The van der Waals surface area contributed by atoms with Gasteiger partial charge in [0.15, 0.2) is 0 Å². The summed E-state index contributed by atoms with van der Waals surface area (Å²) in [5.41, 5.74) is 1.07. The molecule has 1 saturated heterocycles. The Morgan fingerprint density at radius 3 is 2.05 bits per heavy atom. The SMILES string of the molecule is CCC(C)(CNC(C)(C)C)CN1CCC(C(C)(C)C)C1. The zero-order chi connectivity index (χ0) is 15.6. The van der Waals surface area contributed by atoms with E-state index in [1.807, 2.05) is 0 Å². The lowest BCUT2D eigenvalue weighted by Crippen LogP contribution is -2.47. The van der Waals surface area contributed by atoms with Crippen LogP contribution in [0, 0.1) is 16.7 Å². The molecule has 0 amide bonds. The summed E-state index contributed by atoms with van der Waals surface area (Å²) < 4.78 is 0. The van der Waals surface area contributed by atoms with Gasteiger partial charge in [-0.25, -0.2) is 0 Å². The number of rotatable bonds is 5. The fraction of sp³-hybridized carbons (Fsp3) is 1.00. The first-order valence-corrected chi connectivity index (χ1v) is 8.43. The van der Waals surface area contributed by atoms with Crippen LogP contribution in [0.5, 0.6) is 0 Å². The van der Waals surface area contributed by atoms with Crippen LogP contribution in [-0.4, -0.2) is 36.6 Å². The van der Waals surface area contributed by atoms with Crippen LogP contribution in [0.3, 0.4) is 0 Å². The average molecular weight is 283 g/mol. The molecule has 2 nitrogen and oxygen atoms in total. The highest BCUT2D eigenvalue weighted by molar-refractivity contribution is 4.89. The second kappa shape index (κ2) is 6.36. The van der Waals surface area contributed by atoms with Crippen molar-refractivity contribution in [3.8, 4) is 0 Å². The van der Waals surface area contributed by atoms with Crippen LogP contribution >= 0.6 is 0 Å². The minimum Gasteiger partial charge on any atom is -0.311 e. The zero-order valence-corrected chi connectivity index (χ0v) is 15.3. The zero-order valence-electron chi connectivity index (χ0n) is 15.3. The Morgan fingerprint density at radius 1 is 1.05 bits per heavy atom. The summed E-state index contributed by atoms with van der Waals surface area (Å²) in [4.78, 5) is 2.70. The smallest absolute Gasteiger partial charge is 0.00967 e. The van der Waals surface area contributed by atoms with Crippen LogP contribution in [0.25, 0.3) is 0 Å². The van der Waals surface area contributed by atoms with Gasteiger partial charge in [-0.15, -0.1) is 0 Å². The summed E-state index contributed by atoms with van der Waals surface area (Å²) in [5, 5.41) is 3.70. The molecular formula is C18H38N2. The van der Waals surface area contributed by atoms with Gasteiger partial charge in [-0.1, -0.05) is 34.6 Å². The highest BCUT2D eigenvalue weighted by Crippen LogP contribution is 2.35. The van der Waals surface area contributed by atoms with E-state index in [0.29, 0.717) is 10.8 Å². The highest BCUT2D eigenvalue weighted by atomic mass is 15.2. The van der Waals surface area contributed by atoms with Crippen molar-refractivity contribution in [2.45, 2.75) is 73.8 Å².